The van der Waals surface area contributed by atoms with Gasteiger partial charge in [0.1, 0.15) is 0 Å². The van der Waals surface area contributed by atoms with E-state index < -0.39 is 0 Å². The Hall–Kier alpha value is -1.31. The summed E-state index contributed by atoms with van der Waals surface area (Å²) in [5.41, 5.74) is 3.33. The molecule has 1 aromatic rings. The summed E-state index contributed by atoms with van der Waals surface area (Å²) in [6.07, 6.45) is 2.09. The van der Waals surface area contributed by atoms with Crippen molar-refractivity contribution in [2.75, 3.05) is 13.6 Å². The standard InChI is InChI=1S/C12H15NO/c1-9-5-6-11-10(8-9)4-3-7-13(2)12(11)14/h5-6,8H,3-4,7H2,1-2H3. The third-order valence-corrected chi connectivity index (χ3v) is 2.78. The Kier molecular flexibility index (Phi) is 2.28. The number of aryl methyl sites for hydroxylation is 2. The van der Waals surface area contributed by atoms with Crippen molar-refractivity contribution in [2.45, 2.75) is 19.8 Å². The zero-order valence-corrected chi connectivity index (χ0v) is 8.71. The van der Waals surface area contributed by atoms with E-state index in [1.165, 1.54) is 11.1 Å². The predicted molar refractivity (Wildman–Crippen MR) is 56.5 cm³/mol. The number of carbonyl (C=O) groups is 1. The monoisotopic (exact) mass is 189 g/mol. The van der Waals surface area contributed by atoms with Crippen molar-refractivity contribution in [3.05, 3.63) is 34.9 Å². The lowest BCUT2D eigenvalue weighted by atomic mass is 10.0. The van der Waals surface area contributed by atoms with Crippen LogP contribution in [0, 0.1) is 6.92 Å². The number of nitrogens with zero attached hydrogens (tertiary/aromatic N) is 1. The van der Waals surface area contributed by atoms with Crippen molar-refractivity contribution < 1.29 is 4.79 Å². The first-order valence-corrected chi connectivity index (χ1v) is 5.03. The van der Waals surface area contributed by atoms with Crippen LogP contribution in [0.25, 0.3) is 0 Å². The molecule has 0 aromatic heterocycles. The van der Waals surface area contributed by atoms with Gasteiger partial charge >= 0.3 is 0 Å². The molecule has 0 radical (unpaired) electrons. The molecule has 0 unspecified atom stereocenters. The molecule has 0 saturated heterocycles. The maximum Gasteiger partial charge on any atom is 0.253 e. The van der Waals surface area contributed by atoms with Gasteiger partial charge in [-0.3, -0.25) is 4.79 Å². The molecular weight excluding hydrogens is 174 g/mol. The molecule has 74 valence electrons. The van der Waals surface area contributed by atoms with Crippen LogP contribution in [0.2, 0.25) is 0 Å². The van der Waals surface area contributed by atoms with Gasteiger partial charge in [0, 0.05) is 19.2 Å². The van der Waals surface area contributed by atoms with E-state index in [4.69, 9.17) is 0 Å². The molecule has 2 heteroatoms. The van der Waals surface area contributed by atoms with Gasteiger partial charge in [-0.1, -0.05) is 17.7 Å². The lowest BCUT2D eigenvalue weighted by molar-refractivity contribution is 0.0800. The molecule has 1 amide bonds. The largest absolute Gasteiger partial charge is 0.342 e. The zero-order valence-electron chi connectivity index (χ0n) is 8.71. The van der Waals surface area contributed by atoms with Crippen LogP contribution in [0.4, 0.5) is 0 Å². The van der Waals surface area contributed by atoms with Gasteiger partial charge in [-0.05, 0) is 31.4 Å². The van der Waals surface area contributed by atoms with Crippen molar-refractivity contribution in [2.24, 2.45) is 0 Å². The van der Waals surface area contributed by atoms with E-state index in [1.54, 1.807) is 4.90 Å². The zero-order chi connectivity index (χ0) is 10.1. The summed E-state index contributed by atoms with van der Waals surface area (Å²) in [7, 11) is 1.87. The molecule has 0 N–H and O–H groups in total. The predicted octanol–water partition coefficient (Wildman–Crippen LogP) is 2.01. The second kappa shape index (κ2) is 3.45. The van der Waals surface area contributed by atoms with Gasteiger partial charge in [-0.2, -0.15) is 0 Å². The summed E-state index contributed by atoms with van der Waals surface area (Å²) < 4.78 is 0. The minimum Gasteiger partial charge on any atom is -0.342 e. The molecule has 1 aliphatic heterocycles. The molecule has 0 aliphatic carbocycles. The number of benzene rings is 1. The summed E-state index contributed by atoms with van der Waals surface area (Å²) in [6.45, 7) is 2.94. The normalized spacial score (nSPS) is 16.4. The maximum absolute atomic E-state index is 11.9. The molecule has 0 bridgehead atoms. The highest BCUT2D eigenvalue weighted by molar-refractivity contribution is 5.95. The van der Waals surface area contributed by atoms with E-state index in [-0.39, 0.29) is 5.91 Å². The van der Waals surface area contributed by atoms with Gasteiger partial charge in [0.2, 0.25) is 0 Å². The van der Waals surface area contributed by atoms with Crippen LogP contribution in [0.5, 0.6) is 0 Å². The van der Waals surface area contributed by atoms with Gasteiger partial charge in [0.15, 0.2) is 0 Å². The average molecular weight is 189 g/mol. The minimum atomic E-state index is 0.164. The van der Waals surface area contributed by atoms with Crippen LogP contribution in [-0.4, -0.2) is 24.4 Å². The number of hydrogen-bond donors (Lipinski definition) is 0. The number of amides is 1. The van der Waals surface area contributed by atoms with Crippen molar-refractivity contribution in [3.8, 4) is 0 Å². The molecule has 0 fully saturated rings. The Morgan fingerprint density at radius 1 is 1.36 bits per heavy atom. The molecule has 2 nitrogen and oxygen atoms in total. The van der Waals surface area contributed by atoms with E-state index in [1.807, 2.05) is 19.2 Å². The first-order chi connectivity index (χ1) is 6.68. The van der Waals surface area contributed by atoms with E-state index >= 15 is 0 Å². The first kappa shape index (κ1) is 9.25. The van der Waals surface area contributed by atoms with Crippen molar-refractivity contribution in [1.29, 1.82) is 0 Å². The first-order valence-electron chi connectivity index (χ1n) is 5.03. The molecule has 1 aromatic carbocycles. The minimum absolute atomic E-state index is 0.164. The Labute approximate surface area is 84.5 Å². The van der Waals surface area contributed by atoms with E-state index in [2.05, 4.69) is 13.0 Å². The number of rotatable bonds is 0. The topological polar surface area (TPSA) is 20.3 Å². The highest BCUT2D eigenvalue weighted by Crippen LogP contribution is 2.18. The lowest BCUT2D eigenvalue weighted by Crippen LogP contribution is -2.26. The van der Waals surface area contributed by atoms with Crippen molar-refractivity contribution in [3.63, 3.8) is 0 Å². The van der Waals surface area contributed by atoms with Crippen LogP contribution < -0.4 is 0 Å². The van der Waals surface area contributed by atoms with E-state index in [9.17, 15) is 4.79 Å². The molecule has 0 spiro atoms. The Morgan fingerprint density at radius 2 is 2.14 bits per heavy atom. The molecule has 0 saturated carbocycles. The smallest absolute Gasteiger partial charge is 0.253 e. The lowest BCUT2D eigenvalue weighted by Gasteiger charge is -2.13. The van der Waals surface area contributed by atoms with Crippen LogP contribution in [0.1, 0.15) is 27.9 Å². The summed E-state index contributed by atoms with van der Waals surface area (Å²) in [4.78, 5) is 13.7. The molecule has 0 atom stereocenters. The fourth-order valence-electron chi connectivity index (χ4n) is 1.95. The van der Waals surface area contributed by atoms with E-state index in [0.29, 0.717) is 0 Å². The molecule has 14 heavy (non-hydrogen) atoms. The highest BCUT2D eigenvalue weighted by atomic mass is 16.2. The molecule has 2 rings (SSSR count). The molecule has 1 aliphatic rings. The average Bonchev–Trinajstić information content (AvgIpc) is 2.28. The summed E-state index contributed by atoms with van der Waals surface area (Å²) in [5, 5.41) is 0. The van der Waals surface area contributed by atoms with Gasteiger partial charge < -0.3 is 4.90 Å². The SMILES string of the molecule is Cc1ccc2c(c1)CCCN(C)C2=O. The second-order valence-corrected chi connectivity index (χ2v) is 3.99. The summed E-state index contributed by atoms with van der Waals surface area (Å²) in [5.74, 6) is 0.164. The fraction of sp³-hybridized carbons (Fsp3) is 0.417. The van der Waals surface area contributed by atoms with Crippen molar-refractivity contribution >= 4 is 5.91 Å². The molecular formula is C12H15NO. The Balaban J connectivity index is 2.48. The van der Waals surface area contributed by atoms with Gasteiger partial charge in [0.25, 0.3) is 5.91 Å². The van der Waals surface area contributed by atoms with Crippen LogP contribution in [-0.2, 0) is 6.42 Å². The maximum atomic E-state index is 11.9. The fourth-order valence-corrected chi connectivity index (χ4v) is 1.95. The summed E-state index contributed by atoms with van der Waals surface area (Å²) >= 11 is 0. The third-order valence-electron chi connectivity index (χ3n) is 2.78. The van der Waals surface area contributed by atoms with Gasteiger partial charge in [-0.15, -0.1) is 0 Å². The highest BCUT2D eigenvalue weighted by Gasteiger charge is 2.18. The van der Waals surface area contributed by atoms with Crippen LogP contribution in [0.15, 0.2) is 18.2 Å². The number of hydrogen-bond acceptors (Lipinski definition) is 1. The van der Waals surface area contributed by atoms with E-state index in [0.717, 1.165) is 24.9 Å². The Bertz CT molecular complexity index is 371. The van der Waals surface area contributed by atoms with Gasteiger partial charge in [-0.25, -0.2) is 0 Å². The molecule has 1 heterocycles. The Morgan fingerprint density at radius 3 is 2.93 bits per heavy atom. The van der Waals surface area contributed by atoms with Crippen molar-refractivity contribution in [1.82, 2.24) is 4.90 Å². The number of fused-ring (bicyclic) bond motifs is 1. The van der Waals surface area contributed by atoms with Crippen LogP contribution >= 0.6 is 0 Å². The quantitative estimate of drug-likeness (QED) is 0.611. The number of carbonyl (C=O) groups excluding carboxylic acids is 1. The summed E-state index contributed by atoms with van der Waals surface area (Å²) in [6, 6.07) is 6.09. The van der Waals surface area contributed by atoms with Crippen LogP contribution in [0.3, 0.4) is 0 Å². The second-order valence-electron chi connectivity index (χ2n) is 3.99. The van der Waals surface area contributed by atoms with Gasteiger partial charge in [0.05, 0.1) is 0 Å². The third kappa shape index (κ3) is 1.52.